The highest BCUT2D eigenvalue weighted by molar-refractivity contribution is 6.30. The molecule has 5 rings (SSSR count). The molecule has 1 aliphatic rings. The molecule has 1 amide bonds. The quantitative estimate of drug-likeness (QED) is 0.448. The van der Waals surface area contributed by atoms with E-state index in [-0.39, 0.29) is 18.1 Å². The topological polar surface area (TPSA) is 89.4 Å². The summed E-state index contributed by atoms with van der Waals surface area (Å²) in [5.74, 6) is 0.994. The summed E-state index contributed by atoms with van der Waals surface area (Å²) in [6.07, 6.45) is 0. The number of halogens is 1. The van der Waals surface area contributed by atoms with E-state index in [1.54, 1.807) is 33.2 Å². The first-order chi connectivity index (χ1) is 16.0. The van der Waals surface area contributed by atoms with Crippen molar-refractivity contribution in [3.8, 4) is 11.4 Å². The number of para-hydroxylation sites is 2. The molecule has 1 fully saturated rings. The number of nitrogens with zero attached hydrogens (tertiary/aromatic N) is 6. The van der Waals surface area contributed by atoms with E-state index >= 15 is 0 Å². The molecule has 2 aromatic heterocycles. The Morgan fingerprint density at radius 1 is 1.03 bits per heavy atom. The van der Waals surface area contributed by atoms with Crippen molar-refractivity contribution in [1.82, 2.24) is 29.1 Å². The van der Waals surface area contributed by atoms with Crippen LogP contribution in [0.3, 0.4) is 0 Å². The van der Waals surface area contributed by atoms with Gasteiger partial charge in [0.2, 0.25) is 17.6 Å². The lowest BCUT2D eigenvalue weighted by Gasteiger charge is -2.34. The molecular weight excluding hydrogens is 444 g/mol. The second-order valence-corrected chi connectivity index (χ2v) is 8.53. The standard InChI is InChI=1S/C23H23ClN6O3/c1-27-18-4-2-3-5-19(18)30(23(27)32)15-21(31)29-12-10-28(11-13-29)14-20-25-22(26-33-20)16-6-8-17(24)9-7-16/h2-9H,10-15H2,1H3. The molecular formula is C23H23ClN6O3. The molecule has 9 nitrogen and oxygen atoms in total. The molecule has 0 aliphatic carbocycles. The summed E-state index contributed by atoms with van der Waals surface area (Å²) in [6.45, 7) is 3.09. The molecule has 4 aromatic rings. The van der Waals surface area contributed by atoms with Crippen molar-refractivity contribution < 1.29 is 9.32 Å². The molecule has 33 heavy (non-hydrogen) atoms. The number of imidazole rings is 1. The minimum Gasteiger partial charge on any atom is -0.339 e. The molecule has 170 valence electrons. The number of rotatable bonds is 5. The van der Waals surface area contributed by atoms with Gasteiger partial charge in [-0.1, -0.05) is 28.9 Å². The molecule has 0 N–H and O–H groups in total. The average molecular weight is 467 g/mol. The molecule has 3 heterocycles. The van der Waals surface area contributed by atoms with Crippen LogP contribution in [-0.2, 0) is 24.9 Å². The lowest BCUT2D eigenvalue weighted by Crippen LogP contribution is -2.49. The van der Waals surface area contributed by atoms with Crippen molar-refractivity contribution >= 4 is 28.5 Å². The van der Waals surface area contributed by atoms with Crippen LogP contribution in [0.5, 0.6) is 0 Å². The first-order valence-corrected chi connectivity index (χ1v) is 11.1. The molecule has 1 aliphatic heterocycles. The molecule has 1 saturated heterocycles. The average Bonchev–Trinajstić information content (AvgIpc) is 3.39. The first kappa shape index (κ1) is 21.4. The maximum absolute atomic E-state index is 12.9. The Balaban J connectivity index is 1.19. The van der Waals surface area contributed by atoms with Gasteiger partial charge in [0, 0.05) is 43.8 Å². The molecule has 0 bridgehead atoms. The monoisotopic (exact) mass is 466 g/mol. The fourth-order valence-electron chi connectivity index (χ4n) is 4.13. The number of aryl methyl sites for hydroxylation is 1. The normalized spacial score (nSPS) is 14.8. The van der Waals surface area contributed by atoms with Gasteiger partial charge >= 0.3 is 5.69 Å². The molecule has 2 aromatic carbocycles. The number of hydrogen-bond acceptors (Lipinski definition) is 6. The number of benzene rings is 2. The van der Waals surface area contributed by atoms with Gasteiger partial charge < -0.3 is 9.42 Å². The summed E-state index contributed by atoms with van der Waals surface area (Å²) in [4.78, 5) is 34.0. The zero-order chi connectivity index (χ0) is 22.9. The fraction of sp³-hybridized carbons (Fsp3) is 0.304. The minimum atomic E-state index is -0.184. The predicted octanol–water partition coefficient (Wildman–Crippen LogP) is 2.39. The first-order valence-electron chi connectivity index (χ1n) is 10.7. The number of amides is 1. The highest BCUT2D eigenvalue weighted by Gasteiger charge is 2.24. The van der Waals surface area contributed by atoms with Crippen molar-refractivity contribution in [2.75, 3.05) is 26.2 Å². The smallest absolute Gasteiger partial charge is 0.329 e. The summed E-state index contributed by atoms with van der Waals surface area (Å²) in [7, 11) is 1.72. The number of carbonyl (C=O) groups is 1. The SMILES string of the molecule is Cn1c(=O)n(CC(=O)N2CCN(Cc3nc(-c4ccc(Cl)cc4)no3)CC2)c2ccccc21. The van der Waals surface area contributed by atoms with Crippen LogP contribution in [-0.4, -0.2) is 61.2 Å². The third-order valence-corrected chi connectivity index (χ3v) is 6.25. The summed E-state index contributed by atoms with van der Waals surface area (Å²) in [6, 6.07) is 14.8. The highest BCUT2D eigenvalue weighted by Crippen LogP contribution is 2.19. The van der Waals surface area contributed by atoms with Crippen molar-refractivity contribution in [2.45, 2.75) is 13.1 Å². The van der Waals surface area contributed by atoms with Gasteiger partial charge in [0.1, 0.15) is 6.54 Å². The van der Waals surface area contributed by atoms with Crippen molar-refractivity contribution in [1.29, 1.82) is 0 Å². The Morgan fingerprint density at radius 2 is 1.73 bits per heavy atom. The third-order valence-electron chi connectivity index (χ3n) is 6.00. The number of carbonyl (C=O) groups excluding carboxylic acids is 1. The fourth-order valence-corrected chi connectivity index (χ4v) is 4.26. The van der Waals surface area contributed by atoms with Crippen LogP contribution >= 0.6 is 11.6 Å². The van der Waals surface area contributed by atoms with E-state index in [0.29, 0.717) is 49.5 Å². The van der Waals surface area contributed by atoms with Crippen molar-refractivity contribution in [3.05, 3.63) is 69.9 Å². The van der Waals surface area contributed by atoms with Crippen LogP contribution in [0.1, 0.15) is 5.89 Å². The van der Waals surface area contributed by atoms with Crippen LogP contribution in [0.25, 0.3) is 22.4 Å². The van der Waals surface area contributed by atoms with E-state index in [1.807, 2.05) is 36.4 Å². The zero-order valence-electron chi connectivity index (χ0n) is 18.1. The van der Waals surface area contributed by atoms with Gasteiger partial charge in [0.15, 0.2) is 0 Å². The summed E-state index contributed by atoms with van der Waals surface area (Å²) >= 11 is 5.93. The van der Waals surface area contributed by atoms with Crippen LogP contribution in [0.15, 0.2) is 57.8 Å². The van der Waals surface area contributed by atoms with E-state index in [1.165, 1.54) is 0 Å². The number of piperazine rings is 1. The Bertz CT molecular complexity index is 1350. The number of fused-ring (bicyclic) bond motifs is 1. The Morgan fingerprint density at radius 3 is 2.45 bits per heavy atom. The second kappa shape index (κ2) is 8.84. The summed E-state index contributed by atoms with van der Waals surface area (Å²) in [5, 5.41) is 4.70. The molecule has 0 atom stereocenters. The van der Waals surface area contributed by atoms with Gasteiger partial charge in [0.25, 0.3) is 0 Å². The second-order valence-electron chi connectivity index (χ2n) is 8.09. The Kier molecular flexibility index (Phi) is 5.74. The van der Waals surface area contributed by atoms with Crippen LogP contribution in [0, 0.1) is 0 Å². The van der Waals surface area contributed by atoms with Gasteiger partial charge in [-0.3, -0.25) is 18.8 Å². The van der Waals surface area contributed by atoms with Crippen LogP contribution in [0.4, 0.5) is 0 Å². The van der Waals surface area contributed by atoms with Crippen LogP contribution < -0.4 is 5.69 Å². The molecule has 0 saturated carbocycles. The van der Waals surface area contributed by atoms with E-state index in [0.717, 1.165) is 16.6 Å². The van der Waals surface area contributed by atoms with Gasteiger partial charge in [-0.25, -0.2) is 4.79 Å². The van der Waals surface area contributed by atoms with Crippen molar-refractivity contribution in [2.24, 2.45) is 7.05 Å². The lowest BCUT2D eigenvalue weighted by molar-refractivity contribution is -0.133. The van der Waals surface area contributed by atoms with E-state index in [4.69, 9.17) is 16.1 Å². The molecule has 0 unspecified atom stereocenters. The largest absolute Gasteiger partial charge is 0.339 e. The molecule has 0 spiro atoms. The lowest BCUT2D eigenvalue weighted by atomic mass is 10.2. The maximum Gasteiger partial charge on any atom is 0.329 e. The number of aromatic nitrogens is 4. The van der Waals surface area contributed by atoms with E-state index < -0.39 is 0 Å². The van der Waals surface area contributed by atoms with Gasteiger partial charge in [-0.05, 0) is 36.4 Å². The maximum atomic E-state index is 12.9. The van der Waals surface area contributed by atoms with E-state index in [2.05, 4.69) is 15.0 Å². The van der Waals surface area contributed by atoms with E-state index in [9.17, 15) is 9.59 Å². The van der Waals surface area contributed by atoms with Crippen molar-refractivity contribution in [3.63, 3.8) is 0 Å². The molecule has 0 radical (unpaired) electrons. The summed E-state index contributed by atoms with van der Waals surface area (Å²) < 4.78 is 8.52. The third kappa shape index (κ3) is 4.29. The van der Waals surface area contributed by atoms with Crippen LogP contribution in [0.2, 0.25) is 5.02 Å². The molecule has 10 heteroatoms. The highest BCUT2D eigenvalue weighted by atomic mass is 35.5. The van der Waals surface area contributed by atoms with Gasteiger partial charge in [-0.2, -0.15) is 4.98 Å². The van der Waals surface area contributed by atoms with Gasteiger partial charge in [-0.15, -0.1) is 0 Å². The Labute approximate surface area is 194 Å². The predicted molar refractivity (Wildman–Crippen MR) is 124 cm³/mol. The summed E-state index contributed by atoms with van der Waals surface area (Å²) in [5.41, 5.74) is 2.24. The van der Waals surface area contributed by atoms with Gasteiger partial charge in [0.05, 0.1) is 17.6 Å². The number of hydrogen-bond donors (Lipinski definition) is 0. The minimum absolute atomic E-state index is 0.0360. The Hall–Kier alpha value is -3.43. The zero-order valence-corrected chi connectivity index (χ0v) is 18.9.